The van der Waals surface area contributed by atoms with Gasteiger partial charge in [-0.25, -0.2) is 0 Å². The minimum absolute atomic E-state index is 0.000603. The molecular formula is C23H28N2O2S. The zero-order chi connectivity index (χ0) is 20.3. The van der Waals surface area contributed by atoms with Crippen LogP contribution in [-0.4, -0.2) is 35.1 Å². The number of anilines is 1. The van der Waals surface area contributed by atoms with Crippen LogP contribution in [0.4, 0.5) is 5.69 Å². The van der Waals surface area contributed by atoms with Crippen LogP contribution in [0.3, 0.4) is 0 Å². The van der Waals surface area contributed by atoms with Crippen LogP contribution in [0.5, 0.6) is 0 Å². The number of thioether (sulfide) groups is 1. The maximum Gasteiger partial charge on any atom is 0.250 e. The van der Waals surface area contributed by atoms with Crippen molar-refractivity contribution in [1.29, 1.82) is 0 Å². The first kappa shape index (κ1) is 20.5. The van der Waals surface area contributed by atoms with Gasteiger partial charge in [-0.1, -0.05) is 50.2 Å². The largest absolute Gasteiger partial charge is 0.328 e. The van der Waals surface area contributed by atoms with Crippen molar-refractivity contribution in [2.75, 3.05) is 18.1 Å². The summed E-state index contributed by atoms with van der Waals surface area (Å²) in [6.45, 7) is 6.78. The molecule has 2 aromatic rings. The molecular weight excluding hydrogens is 368 g/mol. The molecule has 1 aliphatic heterocycles. The Morgan fingerprint density at radius 2 is 1.82 bits per heavy atom. The third-order valence-electron chi connectivity index (χ3n) is 5.57. The van der Waals surface area contributed by atoms with E-state index in [1.165, 1.54) is 5.56 Å². The van der Waals surface area contributed by atoms with Crippen molar-refractivity contribution in [3.05, 3.63) is 59.7 Å². The smallest absolute Gasteiger partial charge is 0.250 e. The Labute approximate surface area is 171 Å². The Kier molecular flexibility index (Phi) is 6.14. The van der Waals surface area contributed by atoms with Gasteiger partial charge in [0.05, 0.1) is 12.1 Å². The molecule has 1 N–H and O–H groups in total. The standard InChI is InChI=1S/C23H28N2O2S/c1-16(2)18-11-9-17(10-12-18)15-21(26)25-14-13-23(25,3)22(27)24-19-7-5-6-8-20(19)28-4/h5-12,16H,13-15H2,1-4H3,(H,24,27). The molecule has 5 heteroatoms. The van der Waals surface area contributed by atoms with Crippen molar-refractivity contribution in [2.45, 2.75) is 50.0 Å². The topological polar surface area (TPSA) is 49.4 Å². The van der Waals surface area contributed by atoms with Gasteiger partial charge in [0.1, 0.15) is 5.54 Å². The molecule has 0 aromatic heterocycles. The number of rotatable bonds is 6. The van der Waals surface area contributed by atoms with E-state index in [9.17, 15) is 9.59 Å². The monoisotopic (exact) mass is 396 g/mol. The van der Waals surface area contributed by atoms with Crippen molar-refractivity contribution < 1.29 is 9.59 Å². The van der Waals surface area contributed by atoms with Gasteiger partial charge in [-0.2, -0.15) is 0 Å². The Bertz CT molecular complexity index is 863. The highest BCUT2D eigenvalue weighted by molar-refractivity contribution is 7.98. The number of carbonyl (C=O) groups is 2. The molecule has 1 fully saturated rings. The van der Waals surface area contributed by atoms with E-state index in [2.05, 4.69) is 31.3 Å². The molecule has 2 amide bonds. The van der Waals surface area contributed by atoms with E-state index in [0.717, 1.165) is 16.1 Å². The maximum absolute atomic E-state index is 13.0. The summed E-state index contributed by atoms with van der Waals surface area (Å²) in [6.07, 6.45) is 2.98. The van der Waals surface area contributed by atoms with Crippen LogP contribution >= 0.6 is 11.8 Å². The Balaban J connectivity index is 1.67. The first-order chi connectivity index (χ1) is 13.3. The van der Waals surface area contributed by atoms with Crippen molar-refractivity contribution in [2.24, 2.45) is 0 Å². The normalized spacial score (nSPS) is 18.7. The predicted molar refractivity (Wildman–Crippen MR) is 116 cm³/mol. The molecule has 1 atom stereocenters. The highest BCUT2D eigenvalue weighted by Gasteiger charge is 2.49. The summed E-state index contributed by atoms with van der Waals surface area (Å²) in [5, 5.41) is 3.02. The number of para-hydroxylation sites is 1. The molecule has 3 rings (SSSR count). The number of nitrogens with zero attached hydrogens (tertiary/aromatic N) is 1. The number of hydrogen-bond donors (Lipinski definition) is 1. The maximum atomic E-state index is 13.0. The molecule has 4 nitrogen and oxygen atoms in total. The van der Waals surface area contributed by atoms with Crippen LogP contribution in [0, 0.1) is 0 Å². The molecule has 2 aromatic carbocycles. The van der Waals surface area contributed by atoms with Gasteiger partial charge in [-0.15, -0.1) is 11.8 Å². The molecule has 1 aliphatic rings. The van der Waals surface area contributed by atoms with Crippen molar-refractivity contribution in [3.63, 3.8) is 0 Å². The number of nitrogens with one attached hydrogen (secondary N) is 1. The summed E-state index contributed by atoms with van der Waals surface area (Å²) in [5.74, 6) is 0.347. The van der Waals surface area contributed by atoms with Crippen LogP contribution in [0.25, 0.3) is 0 Å². The minimum Gasteiger partial charge on any atom is -0.328 e. The second-order valence-corrected chi connectivity index (χ2v) is 8.64. The summed E-state index contributed by atoms with van der Waals surface area (Å²) in [6, 6.07) is 15.9. The Morgan fingerprint density at radius 1 is 1.14 bits per heavy atom. The molecule has 0 radical (unpaired) electrons. The number of amides is 2. The highest BCUT2D eigenvalue weighted by atomic mass is 32.2. The third-order valence-corrected chi connectivity index (χ3v) is 6.36. The molecule has 1 unspecified atom stereocenters. The quantitative estimate of drug-likeness (QED) is 0.720. The van der Waals surface area contributed by atoms with Gasteiger partial charge in [0.2, 0.25) is 11.8 Å². The third kappa shape index (κ3) is 4.09. The average Bonchev–Trinajstić information content (AvgIpc) is 2.67. The van der Waals surface area contributed by atoms with Gasteiger partial charge < -0.3 is 10.2 Å². The molecule has 0 spiro atoms. The van der Waals surface area contributed by atoms with Gasteiger partial charge in [0, 0.05) is 11.4 Å². The summed E-state index contributed by atoms with van der Waals surface area (Å²) in [7, 11) is 0. The second-order valence-electron chi connectivity index (χ2n) is 7.80. The first-order valence-electron chi connectivity index (χ1n) is 9.69. The summed E-state index contributed by atoms with van der Waals surface area (Å²) in [4.78, 5) is 28.5. The fraction of sp³-hybridized carbons (Fsp3) is 0.391. The fourth-order valence-corrected chi connectivity index (χ4v) is 4.04. The molecule has 0 bridgehead atoms. The molecule has 1 saturated heterocycles. The van der Waals surface area contributed by atoms with E-state index < -0.39 is 5.54 Å². The molecule has 148 valence electrons. The van der Waals surface area contributed by atoms with Crippen molar-refractivity contribution >= 4 is 29.3 Å². The van der Waals surface area contributed by atoms with E-state index in [4.69, 9.17) is 0 Å². The van der Waals surface area contributed by atoms with Crippen molar-refractivity contribution in [3.8, 4) is 0 Å². The minimum atomic E-state index is -0.791. The number of likely N-dealkylation sites (tertiary alicyclic amines) is 1. The Morgan fingerprint density at radius 3 is 2.39 bits per heavy atom. The van der Waals surface area contributed by atoms with Crippen LogP contribution in [0.15, 0.2) is 53.4 Å². The highest BCUT2D eigenvalue weighted by Crippen LogP contribution is 2.34. The van der Waals surface area contributed by atoms with Crippen molar-refractivity contribution in [1.82, 2.24) is 4.90 Å². The average molecular weight is 397 g/mol. The van der Waals surface area contributed by atoms with E-state index in [0.29, 0.717) is 25.3 Å². The van der Waals surface area contributed by atoms with Crippen LogP contribution in [-0.2, 0) is 16.0 Å². The van der Waals surface area contributed by atoms with E-state index in [1.54, 1.807) is 16.7 Å². The lowest BCUT2D eigenvalue weighted by molar-refractivity contribution is -0.154. The zero-order valence-corrected chi connectivity index (χ0v) is 17.8. The lowest BCUT2D eigenvalue weighted by Gasteiger charge is -2.49. The number of benzene rings is 2. The first-order valence-corrected chi connectivity index (χ1v) is 10.9. The van der Waals surface area contributed by atoms with Gasteiger partial charge in [-0.3, -0.25) is 9.59 Å². The number of hydrogen-bond acceptors (Lipinski definition) is 3. The zero-order valence-electron chi connectivity index (χ0n) is 17.0. The lowest BCUT2D eigenvalue weighted by Crippen LogP contribution is -2.66. The van der Waals surface area contributed by atoms with E-state index in [-0.39, 0.29) is 11.8 Å². The fourth-order valence-electron chi connectivity index (χ4n) is 3.49. The van der Waals surface area contributed by atoms with Crippen LogP contribution < -0.4 is 5.32 Å². The molecule has 1 heterocycles. The van der Waals surface area contributed by atoms with E-state index >= 15 is 0 Å². The van der Waals surface area contributed by atoms with Crippen LogP contribution in [0.1, 0.15) is 44.2 Å². The lowest BCUT2D eigenvalue weighted by atomic mass is 9.84. The van der Waals surface area contributed by atoms with Gasteiger partial charge >= 0.3 is 0 Å². The summed E-state index contributed by atoms with van der Waals surface area (Å²) < 4.78 is 0. The van der Waals surface area contributed by atoms with Gasteiger partial charge in [-0.05, 0) is 48.8 Å². The SMILES string of the molecule is CSc1ccccc1NC(=O)C1(C)CCN1C(=O)Cc1ccc(C(C)C)cc1. The molecule has 0 saturated carbocycles. The summed E-state index contributed by atoms with van der Waals surface area (Å²) in [5.41, 5.74) is 2.25. The predicted octanol–water partition coefficient (Wildman–Crippen LogP) is 4.70. The molecule has 28 heavy (non-hydrogen) atoms. The van der Waals surface area contributed by atoms with Gasteiger partial charge in [0.25, 0.3) is 0 Å². The molecule has 0 aliphatic carbocycles. The van der Waals surface area contributed by atoms with Gasteiger partial charge in [0.15, 0.2) is 0 Å². The second kappa shape index (κ2) is 8.39. The van der Waals surface area contributed by atoms with Crippen LogP contribution in [0.2, 0.25) is 0 Å². The van der Waals surface area contributed by atoms with E-state index in [1.807, 2.05) is 49.6 Å². The summed E-state index contributed by atoms with van der Waals surface area (Å²) >= 11 is 1.59. The number of carbonyl (C=O) groups excluding carboxylic acids is 2. The Hall–Kier alpha value is -2.27.